The van der Waals surface area contributed by atoms with Crippen LogP contribution in [0.15, 0.2) is 27.8 Å². The fourth-order valence-corrected chi connectivity index (χ4v) is 3.07. The van der Waals surface area contributed by atoms with E-state index in [1.807, 2.05) is 19.2 Å². The topological polar surface area (TPSA) is 71.3 Å². The summed E-state index contributed by atoms with van der Waals surface area (Å²) in [4.78, 5) is 6.83. The Kier molecular flexibility index (Phi) is 9.52. The number of guanidine groups is 1. The first-order valence-corrected chi connectivity index (χ1v) is 9.57. The standard InChI is InChI=1S/C19H34N4O3/c1-16(2)18(23-8-12-24-13-9-23)14-22-19(20-3)21-7-5-10-25-15-17-6-4-11-26-17/h4,6,11,16,18H,5,7-10,12-15H2,1-3H3,(H2,20,21,22). The monoisotopic (exact) mass is 366 g/mol. The van der Waals surface area contributed by atoms with Gasteiger partial charge in [-0.15, -0.1) is 0 Å². The Bertz CT molecular complexity index is 499. The fourth-order valence-electron chi connectivity index (χ4n) is 3.07. The maximum atomic E-state index is 5.59. The molecule has 1 fully saturated rings. The van der Waals surface area contributed by atoms with E-state index < -0.39 is 0 Å². The molecule has 26 heavy (non-hydrogen) atoms. The molecule has 1 unspecified atom stereocenters. The van der Waals surface area contributed by atoms with Gasteiger partial charge in [0.15, 0.2) is 5.96 Å². The Morgan fingerprint density at radius 2 is 2.12 bits per heavy atom. The first kappa shape index (κ1) is 20.7. The largest absolute Gasteiger partial charge is 0.467 e. The molecule has 1 atom stereocenters. The molecular formula is C19H34N4O3. The summed E-state index contributed by atoms with van der Waals surface area (Å²) in [5.41, 5.74) is 0. The highest BCUT2D eigenvalue weighted by Crippen LogP contribution is 2.12. The zero-order valence-electron chi connectivity index (χ0n) is 16.4. The van der Waals surface area contributed by atoms with Crippen molar-refractivity contribution in [2.24, 2.45) is 10.9 Å². The molecule has 0 amide bonds. The van der Waals surface area contributed by atoms with Crippen LogP contribution in [0.25, 0.3) is 0 Å². The molecular weight excluding hydrogens is 332 g/mol. The fraction of sp³-hybridized carbons (Fsp3) is 0.737. The predicted molar refractivity (Wildman–Crippen MR) is 103 cm³/mol. The van der Waals surface area contributed by atoms with Crippen LogP contribution >= 0.6 is 0 Å². The van der Waals surface area contributed by atoms with Gasteiger partial charge in [0.2, 0.25) is 0 Å². The van der Waals surface area contributed by atoms with Crippen LogP contribution in [0.3, 0.4) is 0 Å². The van der Waals surface area contributed by atoms with Crippen molar-refractivity contribution in [3.63, 3.8) is 0 Å². The predicted octanol–water partition coefficient (Wildman–Crippen LogP) is 1.71. The number of hydrogen-bond acceptors (Lipinski definition) is 5. The molecule has 1 aliphatic heterocycles. The zero-order valence-corrected chi connectivity index (χ0v) is 16.4. The highest BCUT2D eigenvalue weighted by molar-refractivity contribution is 5.79. The van der Waals surface area contributed by atoms with Gasteiger partial charge < -0.3 is 24.5 Å². The molecule has 1 aliphatic rings. The van der Waals surface area contributed by atoms with Gasteiger partial charge in [-0.05, 0) is 24.5 Å². The molecule has 0 saturated carbocycles. The summed E-state index contributed by atoms with van der Waals surface area (Å²) in [6, 6.07) is 4.27. The van der Waals surface area contributed by atoms with Gasteiger partial charge in [0.25, 0.3) is 0 Å². The van der Waals surface area contributed by atoms with Gasteiger partial charge in [0, 0.05) is 45.9 Å². The van der Waals surface area contributed by atoms with Crippen LogP contribution in [-0.2, 0) is 16.1 Å². The summed E-state index contributed by atoms with van der Waals surface area (Å²) in [7, 11) is 1.81. The lowest BCUT2D eigenvalue weighted by atomic mass is 10.0. The van der Waals surface area contributed by atoms with E-state index >= 15 is 0 Å². The lowest BCUT2D eigenvalue weighted by molar-refractivity contribution is 0.00752. The van der Waals surface area contributed by atoms with E-state index in [1.54, 1.807) is 6.26 Å². The Labute approximate surface area is 157 Å². The molecule has 0 aliphatic carbocycles. The van der Waals surface area contributed by atoms with E-state index in [9.17, 15) is 0 Å². The van der Waals surface area contributed by atoms with Gasteiger partial charge in [0.05, 0.1) is 19.5 Å². The van der Waals surface area contributed by atoms with E-state index in [0.717, 1.165) is 57.5 Å². The molecule has 1 aromatic heterocycles. The third-order valence-corrected chi connectivity index (χ3v) is 4.57. The highest BCUT2D eigenvalue weighted by Gasteiger charge is 2.23. The second kappa shape index (κ2) is 11.9. The molecule has 2 N–H and O–H groups in total. The van der Waals surface area contributed by atoms with Crippen molar-refractivity contribution in [1.29, 1.82) is 0 Å². The average molecular weight is 367 g/mol. The maximum absolute atomic E-state index is 5.59. The Morgan fingerprint density at radius 3 is 2.77 bits per heavy atom. The van der Waals surface area contributed by atoms with Crippen molar-refractivity contribution < 1.29 is 13.9 Å². The molecule has 0 radical (unpaired) electrons. The van der Waals surface area contributed by atoms with Crippen molar-refractivity contribution in [3.8, 4) is 0 Å². The quantitative estimate of drug-likeness (QED) is 0.373. The molecule has 0 aromatic carbocycles. The summed E-state index contributed by atoms with van der Waals surface area (Å²) >= 11 is 0. The van der Waals surface area contributed by atoms with Gasteiger partial charge in [-0.3, -0.25) is 9.89 Å². The number of ether oxygens (including phenoxy) is 2. The lowest BCUT2D eigenvalue weighted by Crippen LogP contribution is -2.52. The van der Waals surface area contributed by atoms with Crippen LogP contribution in [0, 0.1) is 5.92 Å². The number of hydrogen-bond donors (Lipinski definition) is 2. The number of nitrogens with one attached hydrogen (secondary N) is 2. The molecule has 7 heteroatoms. The number of aliphatic imine (C=N–C) groups is 1. The van der Waals surface area contributed by atoms with Crippen LogP contribution in [0.2, 0.25) is 0 Å². The Balaban J connectivity index is 1.61. The summed E-state index contributed by atoms with van der Waals surface area (Å²) in [5, 5.41) is 6.81. The second-order valence-corrected chi connectivity index (χ2v) is 6.83. The first-order valence-electron chi connectivity index (χ1n) is 9.57. The van der Waals surface area contributed by atoms with Crippen LogP contribution < -0.4 is 10.6 Å². The molecule has 148 valence electrons. The minimum atomic E-state index is 0.481. The zero-order chi connectivity index (χ0) is 18.6. The van der Waals surface area contributed by atoms with Crippen LogP contribution in [0.5, 0.6) is 0 Å². The third kappa shape index (κ3) is 7.35. The number of rotatable bonds is 10. The SMILES string of the molecule is CN=C(NCCCOCc1ccco1)NCC(C(C)C)N1CCOCC1. The van der Waals surface area contributed by atoms with Gasteiger partial charge in [-0.25, -0.2) is 0 Å². The van der Waals surface area contributed by atoms with Gasteiger partial charge in [-0.2, -0.15) is 0 Å². The average Bonchev–Trinajstić information content (AvgIpc) is 3.17. The third-order valence-electron chi connectivity index (χ3n) is 4.57. The Morgan fingerprint density at radius 1 is 1.31 bits per heavy atom. The Hall–Kier alpha value is -1.57. The van der Waals surface area contributed by atoms with E-state index in [0.29, 0.717) is 25.2 Å². The van der Waals surface area contributed by atoms with Crippen molar-refractivity contribution in [2.45, 2.75) is 32.9 Å². The summed E-state index contributed by atoms with van der Waals surface area (Å²) < 4.78 is 16.3. The molecule has 1 aromatic rings. The highest BCUT2D eigenvalue weighted by atomic mass is 16.5. The first-order chi connectivity index (χ1) is 12.7. The second-order valence-electron chi connectivity index (χ2n) is 6.83. The van der Waals surface area contributed by atoms with Crippen molar-refractivity contribution in [2.75, 3.05) is 53.0 Å². The van der Waals surface area contributed by atoms with Crippen molar-refractivity contribution in [1.82, 2.24) is 15.5 Å². The minimum absolute atomic E-state index is 0.481. The van der Waals surface area contributed by atoms with Crippen LogP contribution in [0.4, 0.5) is 0 Å². The lowest BCUT2D eigenvalue weighted by Gasteiger charge is -2.37. The smallest absolute Gasteiger partial charge is 0.191 e. The van der Waals surface area contributed by atoms with E-state index in [1.165, 1.54) is 0 Å². The van der Waals surface area contributed by atoms with Crippen molar-refractivity contribution in [3.05, 3.63) is 24.2 Å². The van der Waals surface area contributed by atoms with E-state index in [2.05, 4.69) is 34.4 Å². The van der Waals surface area contributed by atoms with Gasteiger partial charge >= 0.3 is 0 Å². The normalized spacial score (nSPS) is 17.5. The number of morpholine rings is 1. The number of furan rings is 1. The van der Waals surface area contributed by atoms with Gasteiger partial charge in [-0.1, -0.05) is 13.8 Å². The summed E-state index contributed by atoms with van der Waals surface area (Å²) in [5.74, 6) is 2.28. The van der Waals surface area contributed by atoms with Crippen LogP contribution in [-0.4, -0.2) is 69.9 Å². The number of nitrogens with zero attached hydrogens (tertiary/aromatic N) is 2. The van der Waals surface area contributed by atoms with Crippen LogP contribution in [0.1, 0.15) is 26.0 Å². The maximum Gasteiger partial charge on any atom is 0.191 e. The summed E-state index contributed by atoms with van der Waals surface area (Å²) in [6.45, 7) is 11.1. The van der Waals surface area contributed by atoms with E-state index in [-0.39, 0.29) is 0 Å². The minimum Gasteiger partial charge on any atom is -0.467 e. The molecule has 2 heterocycles. The van der Waals surface area contributed by atoms with Gasteiger partial charge in [0.1, 0.15) is 12.4 Å². The van der Waals surface area contributed by atoms with E-state index in [4.69, 9.17) is 13.9 Å². The molecule has 0 bridgehead atoms. The molecule has 7 nitrogen and oxygen atoms in total. The molecule has 1 saturated heterocycles. The molecule has 0 spiro atoms. The molecule has 2 rings (SSSR count). The summed E-state index contributed by atoms with van der Waals surface area (Å²) in [6.07, 6.45) is 2.58. The van der Waals surface area contributed by atoms with Crippen molar-refractivity contribution >= 4 is 5.96 Å².